The standard InChI is InChI=1S/C11H12BrN3O3S/c12-9-5-10(7-13-6-9)19(17,18)15-4-2-1-3-11(15)14-8-16/h5-7,11H,1-4H2. The Morgan fingerprint density at radius 2 is 2.21 bits per heavy atom. The summed E-state index contributed by atoms with van der Waals surface area (Å²) < 4.78 is 26.8. The zero-order valence-electron chi connectivity index (χ0n) is 9.99. The van der Waals surface area contributed by atoms with Crippen LogP contribution in [0.15, 0.2) is 32.8 Å². The molecule has 0 saturated carbocycles. The number of pyridine rings is 1. The number of rotatable bonds is 3. The van der Waals surface area contributed by atoms with Gasteiger partial charge in [-0.25, -0.2) is 13.2 Å². The molecule has 8 heteroatoms. The molecule has 1 aliphatic heterocycles. The first-order valence-electron chi connectivity index (χ1n) is 5.75. The van der Waals surface area contributed by atoms with Gasteiger partial charge in [-0.3, -0.25) is 4.98 Å². The van der Waals surface area contributed by atoms with Crippen LogP contribution in [0.1, 0.15) is 19.3 Å². The van der Waals surface area contributed by atoms with E-state index in [0.29, 0.717) is 17.4 Å². The highest BCUT2D eigenvalue weighted by Crippen LogP contribution is 2.26. The number of isocyanates is 1. The Labute approximate surface area is 119 Å². The summed E-state index contributed by atoms with van der Waals surface area (Å²) in [5, 5.41) is 0. The van der Waals surface area contributed by atoms with Gasteiger partial charge in [-0.15, -0.1) is 0 Å². The molecule has 1 aliphatic rings. The number of aromatic nitrogens is 1. The van der Waals surface area contributed by atoms with Crippen molar-refractivity contribution in [3.63, 3.8) is 0 Å². The first-order chi connectivity index (χ1) is 9.05. The van der Waals surface area contributed by atoms with E-state index in [1.165, 1.54) is 28.8 Å². The molecule has 0 N–H and O–H groups in total. The lowest BCUT2D eigenvalue weighted by atomic mass is 10.1. The van der Waals surface area contributed by atoms with Crippen LogP contribution in [0, 0.1) is 0 Å². The number of halogens is 1. The van der Waals surface area contributed by atoms with Crippen molar-refractivity contribution in [1.29, 1.82) is 0 Å². The molecule has 19 heavy (non-hydrogen) atoms. The van der Waals surface area contributed by atoms with E-state index >= 15 is 0 Å². The predicted molar refractivity (Wildman–Crippen MR) is 71.6 cm³/mol. The van der Waals surface area contributed by atoms with Crippen molar-refractivity contribution in [3.05, 3.63) is 22.9 Å². The molecule has 1 atom stereocenters. The van der Waals surface area contributed by atoms with Crippen molar-refractivity contribution in [3.8, 4) is 0 Å². The molecule has 0 spiro atoms. The molecule has 2 rings (SSSR count). The summed E-state index contributed by atoms with van der Waals surface area (Å²) in [5.74, 6) is 0. The summed E-state index contributed by atoms with van der Waals surface area (Å²) in [7, 11) is -3.69. The Balaban J connectivity index is 2.39. The molecule has 0 bridgehead atoms. The van der Waals surface area contributed by atoms with Gasteiger partial charge in [-0.05, 0) is 41.3 Å². The fourth-order valence-corrected chi connectivity index (χ4v) is 4.13. The molecule has 0 amide bonds. The fraction of sp³-hybridized carbons (Fsp3) is 0.455. The topological polar surface area (TPSA) is 79.7 Å². The van der Waals surface area contributed by atoms with E-state index in [2.05, 4.69) is 25.9 Å². The second-order valence-corrected chi connectivity index (χ2v) is 6.96. The van der Waals surface area contributed by atoms with Crippen LogP contribution in [0.25, 0.3) is 0 Å². The lowest BCUT2D eigenvalue weighted by Crippen LogP contribution is -2.42. The number of sulfonamides is 1. The fourth-order valence-electron chi connectivity index (χ4n) is 2.03. The lowest BCUT2D eigenvalue weighted by molar-refractivity contribution is 0.259. The van der Waals surface area contributed by atoms with E-state index in [-0.39, 0.29) is 4.90 Å². The van der Waals surface area contributed by atoms with Gasteiger partial charge in [0, 0.05) is 23.4 Å². The van der Waals surface area contributed by atoms with Crippen LogP contribution in [-0.4, -0.2) is 36.5 Å². The Hall–Kier alpha value is -1.08. The largest absolute Gasteiger partial charge is 0.262 e. The molecule has 1 aromatic rings. The summed E-state index contributed by atoms with van der Waals surface area (Å²) in [6, 6.07) is 1.48. The molecular formula is C11H12BrN3O3S. The van der Waals surface area contributed by atoms with Crippen molar-refractivity contribution >= 4 is 32.0 Å². The van der Waals surface area contributed by atoms with Crippen LogP contribution in [0.2, 0.25) is 0 Å². The van der Waals surface area contributed by atoms with Crippen LogP contribution in [-0.2, 0) is 14.8 Å². The first kappa shape index (κ1) is 14.3. The maximum atomic E-state index is 12.5. The highest BCUT2D eigenvalue weighted by atomic mass is 79.9. The minimum absolute atomic E-state index is 0.0925. The van der Waals surface area contributed by atoms with E-state index in [0.717, 1.165) is 12.8 Å². The van der Waals surface area contributed by atoms with Crippen molar-refractivity contribution in [2.75, 3.05) is 6.54 Å². The highest BCUT2D eigenvalue weighted by molar-refractivity contribution is 9.10. The molecule has 0 aromatic carbocycles. The van der Waals surface area contributed by atoms with Gasteiger partial charge in [-0.2, -0.15) is 9.30 Å². The number of carbonyl (C=O) groups excluding carboxylic acids is 1. The number of hydrogen-bond acceptors (Lipinski definition) is 5. The molecule has 1 saturated heterocycles. The normalized spacial score (nSPS) is 20.8. The molecule has 2 heterocycles. The SMILES string of the molecule is O=C=NC1CCCCN1S(=O)(=O)c1cncc(Br)c1. The van der Waals surface area contributed by atoms with Gasteiger partial charge < -0.3 is 0 Å². The second kappa shape index (κ2) is 5.92. The molecule has 1 aromatic heterocycles. The zero-order chi connectivity index (χ0) is 13.9. The van der Waals surface area contributed by atoms with Gasteiger partial charge in [0.05, 0.1) is 0 Å². The van der Waals surface area contributed by atoms with E-state index < -0.39 is 16.2 Å². The summed E-state index contributed by atoms with van der Waals surface area (Å²) in [4.78, 5) is 17.9. The van der Waals surface area contributed by atoms with Crippen LogP contribution >= 0.6 is 15.9 Å². The van der Waals surface area contributed by atoms with Crippen LogP contribution in [0.4, 0.5) is 0 Å². The van der Waals surface area contributed by atoms with Crippen molar-refractivity contribution in [1.82, 2.24) is 9.29 Å². The van der Waals surface area contributed by atoms with Crippen molar-refractivity contribution in [2.24, 2.45) is 4.99 Å². The molecule has 0 aliphatic carbocycles. The quantitative estimate of drug-likeness (QED) is 0.616. The van der Waals surface area contributed by atoms with E-state index in [9.17, 15) is 13.2 Å². The smallest absolute Gasteiger partial charge is 0.246 e. The van der Waals surface area contributed by atoms with E-state index in [4.69, 9.17) is 0 Å². The lowest BCUT2D eigenvalue weighted by Gasteiger charge is -2.30. The average Bonchev–Trinajstić information content (AvgIpc) is 2.39. The minimum atomic E-state index is -3.69. The van der Waals surface area contributed by atoms with Gasteiger partial charge in [0.25, 0.3) is 0 Å². The molecule has 1 unspecified atom stereocenters. The van der Waals surface area contributed by atoms with Crippen LogP contribution in [0.5, 0.6) is 0 Å². The molecule has 0 radical (unpaired) electrons. The van der Waals surface area contributed by atoms with Gasteiger partial charge >= 0.3 is 0 Å². The third-order valence-electron chi connectivity index (χ3n) is 2.91. The monoisotopic (exact) mass is 345 g/mol. The summed E-state index contributed by atoms with van der Waals surface area (Å²) in [5.41, 5.74) is 0. The number of nitrogens with zero attached hydrogens (tertiary/aromatic N) is 3. The Bertz CT molecular complexity index is 613. The third-order valence-corrected chi connectivity index (χ3v) is 5.21. The van der Waals surface area contributed by atoms with Crippen molar-refractivity contribution in [2.45, 2.75) is 30.3 Å². The molecule has 1 fully saturated rings. The summed E-state index contributed by atoms with van der Waals surface area (Å²) in [6.07, 6.45) is 5.73. The minimum Gasteiger partial charge on any atom is -0.262 e. The van der Waals surface area contributed by atoms with E-state index in [1.807, 2.05) is 0 Å². The predicted octanol–water partition coefficient (Wildman–Crippen LogP) is 1.68. The highest BCUT2D eigenvalue weighted by Gasteiger charge is 2.33. The number of hydrogen-bond donors (Lipinski definition) is 0. The maximum Gasteiger partial charge on any atom is 0.246 e. The van der Waals surface area contributed by atoms with Crippen LogP contribution < -0.4 is 0 Å². The zero-order valence-corrected chi connectivity index (χ0v) is 12.4. The number of piperidine rings is 1. The van der Waals surface area contributed by atoms with Gasteiger partial charge in [0.15, 0.2) is 0 Å². The molecule has 6 nitrogen and oxygen atoms in total. The van der Waals surface area contributed by atoms with Gasteiger partial charge in [0.2, 0.25) is 16.1 Å². The molecular weight excluding hydrogens is 334 g/mol. The Kier molecular flexibility index (Phi) is 4.46. The molecule has 102 valence electrons. The Morgan fingerprint density at radius 3 is 2.89 bits per heavy atom. The maximum absolute atomic E-state index is 12.5. The second-order valence-electron chi connectivity index (χ2n) is 4.15. The van der Waals surface area contributed by atoms with Gasteiger partial charge in [-0.1, -0.05) is 0 Å². The summed E-state index contributed by atoms with van der Waals surface area (Å²) >= 11 is 3.19. The van der Waals surface area contributed by atoms with E-state index in [1.54, 1.807) is 0 Å². The average molecular weight is 346 g/mol. The Morgan fingerprint density at radius 1 is 1.42 bits per heavy atom. The first-order valence-corrected chi connectivity index (χ1v) is 7.98. The third kappa shape index (κ3) is 3.09. The van der Waals surface area contributed by atoms with Gasteiger partial charge in [0.1, 0.15) is 11.1 Å². The van der Waals surface area contributed by atoms with Crippen LogP contribution in [0.3, 0.4) is 0 Å². The number of aliphatic imine (C=N–C) groups is 1. The van der Waals surface area contributed by atoms with Crippen molar-refractivity contribution < 1.29 is 13.2 Å². The summed E-state index contributed by atoms with van der Waals surface area (Å²) in [6.45, 7) is 0.352.